The van der Waals surface area contributed by atoms with Crippen LogP contribution in [0.4, 0.5) is 0 Å². The molecule has 2 heterocycles. The number of hydrogen-bond acceptors (Lipinski definition) is 4. The molecule has 0 aromatic heterocycles. The zero-order valence-electron chi connectivity index (χ0n) is 15.8. The van der Waals surface area contributed by atoms with E-state index in [-0.39, 0.29) is 0 Å². The summed E-state index contributed by atoms with van der Waals surface area (Å²) in [6.07, 6.45) is 2.76. The molecule has 2 saturated heterocycles. The first-order chi connectivity index (χ1) is 12.6. The Labute approximate surface area is 161 Å². The molecule has 1 amide bonds. The van der Waals surface area contributed by atoms with Crippen molar-refractivity contribution in [2.45, 2.75) is 38.8 Å². The first-order valence-electron chi connectivity index (χ1n) is 9.70. The van der Waals surface area contributed by atoms with Crippen molar-refractivity contribution in [2.75, 3.05) is 39.8 Å². The van der Waals surface area contributed by atoms with Crippen molar-refractivity contribution < 1.29 is 9.53 Å². The van der Waals surface area contributed by atoms with Crippen LogP contribution in [0.3, 0.4) is 0 Å². The first-order valence-corrected chi connectivity index (χ1v) is 10.1. The lowest BCUT2D eigenvalue weighted by molar-refractivity contribution is -0.141. The quantitative estimate of drug-likeness (QED) is 0.791. The summed E-state index contributed by atoms with van der Waals surface area (Å²) in [7, 11) is 1.94. The first kappa shape index (κ1) is 19.5. The van der Waals surface area contributed by atoms with Gasteiger partial charge < -0.3 is 15.0 Å². The lowest BCUT2D eigenvalue weighted by atomic mass is 9.83. The molecule has 0 bridgehead atoms. The van der Waals surface area contributed by atoms with Crippen LogP contribution in [0.15, 0.2) is 18.2 Å². The van der Waals surface area contributed by atoms with Gasteiger partial charge in [-0.25, -0.2) is 0 Å². The van der Waals surface area contributed by atoms with E-state index in [1.807, 2.05) is 26.1 Å². The second kappa shape index (κ2) is 9.07. The zero-order valence-corrected chi connectivity index (χ0v) is 16.6. The molecule has 2 fully saturated rings. The summed E-state index contributed by atoms with van der Waals surface area (Å²) in [6, 6.07) is 6.49. The van der Waals surface area contributed by atoms with Gasteiger partial charge in [-0.3, -0.25) is 9.69 Å². The number of carbonyl (C=O) groups is 1. The van der Waals surface area contributed by atoms with Crippen LogP contribution in [0, 0.1) is 5.92 Å². The second-order valence-corrected chi connectivity index (χ2v) is 7.69. The van der Waals surface area contributed by atoms with E-state index < -0.39 is 0 Å². The van der Waals surface area contributed by atoms with E-state index in [4.69, 9.17) is 16.3 Å². The number of ether oxygens (including phenoxy) is 1. The molecule has 0 radical (unpaired) electrons. The summed E-state index contributed by atoms with van der Waals surface area (Å²) in [6.45, 7) is 7.25. The maximum atomic E-state index is 12.3. The zero-order chi connectivity index (χ0) is 18.5. The Bertz CT molecular complexity index is 625. The number of carbonyl (C=O) groups excluding carboxylic acids is 1. The summed E-state index contributed by atoms with van der Waals surface area (Å²) in [5, 5.41) is 3.85. The number of hydrogen-bond donors (Lipinski definition) is 1. The van der Waals surface area contributed by atoms with Gasteiger partial charge in [-0.05, 0) is 50.4 Å². The third kappa shape index (κ3) is 4.51. The van der Waals surface area contributed by atoms with Gasteiger partial charge >= 0.3 is 0 Å². The van der Waals surface area contributed by atoms with Crippen molar-refractivity contribution in [3.63, 3.8) is 0 Å². The fourth-order valence-electron chi connectivity index (χ4n) is 4.27. The lowest BCUT2D eigenvalue weighted by Gasteiger charge is -2.47. The molecule has 0 spiro atoms. The minimum atomic E-state index is 0.327. The fraction of sp³-hybridized carbons (Fsp3) is 0.650. The topological polar surface area (TPSA) is 44.8 Å². The highest BCUT2D eigenvalue weighted by atomic mass is 35.5. The predicted molar refractivity (Wildman–Crippen MR) is 105 cm³/mol. The number of benzene rings is 1. The number of nitrogens with one attached hydrogen (secondary N) is 1. The lowest BCUT2D eigenvalue weighted by Crippen LogP contribution is -2.56. The van der Waals surface area contributed by atoms with Gasteiger partial charge in [-0.15, -0.1) is 0 Å². The van der Waals surface area contributed by atoms with Crippen LogP contribution in [0.25, 0.3) is 0 Å². The Morgan fingerprint density at radius 1 is 1.35 bits per heavy atom. The SMILES string of the molecule is CCOc1ccc(CN2CC[C@@H]3[C@@H](CCC(=O)N3CCNC)C2)cc1Cl. The monoisotopic (exact) mass is 379 g/mol. The number of fused-ring (bicyclic) bond motifs is 1. The molecule has 3 rings (SSSR count). The molecule has 0 unspecified atom stereocenters. The van der Waals surface area contributed by atoms with Gasteiger partial charge in [0.15, 0.2) is 0 Å². The summed E-state index contributed by atoms with van der Waals surface area (Å²) < 4.78 is 5.52. The van der Waals surface area contributed by atoms with E-state index in [1.165, 1.54) is 5.56 Å². The molecule has 26 heavy (non-hydrogen) atoms. The number of piperidine rings is 2. The van der Waals surface area contributed by atoms with Crippen LogP contribution in [0.1, 0.15) is 31.7 Å². The maximum Gasteiger partial charge on any atom is 0.222 e. The van der Waals surface area contributed by atoms with Crippen LogP contribution >= 0.6 is 11.6 Å². The normalized spacial score (nSPS) is 23.8. The van der Waals surface area contributed by atoms with Gasteiger partial charge in [-0.2, -0.15) is 0 Å². The van der Waals surface area contributed by atoms with E-state index in [2.05, 4.69) is 21.2 Å². The van der Waals surface area contributed by atoms with Gasteiger partial charge in [-0.1, -0.05) is 17.7 Å². The number of nitrogens with zero attached hydrogens (tertiary/aromatic N) is 2. The highest BCUT2D eigenvalue weighted by Gasteiger charge is 2.38. The van der Waals surface area contributed by atoms with E-state index in [1.54, 1.807) is 0 Å². The van der Waals surface area contributed by atoms with Crippen LogP contribution < -0.4 is 10.1 Å². The molecule has 2 aliphatic rings. The second-order valence-electron chi connectivity index (χ2n) is 7.28. The Balaban J connectivity index is 1.60. The molecular formula is C20H30ClN3O2. The number of rotatable bonds is 7. The molecular weight excluding hydrogens is 350 g/mol. The molecule has 2 atom stereocenters. The van der Waals surface area contributed by atoms with E-state index in [0.29, 0.717) is 35.9 Å². The van der Waals surface area contributed by atoms with Crippen molar-refractivity contribution in [1.29, 1.82) is 0 Å². The molecule has 5 nitrogen and oxygen atoms in total. The van der Waals surface area contributed by atoms with Gasteiger partial charge in [0.25, 0.3) is 0 Å². The molecule has 0 aliphatic carbocycles. The molecule has 6 heteroatoms. The molecule has 1 aromatic carbocycles. The third-order valence-corrected chi connectivity index (χ3v) is 5.83. The number of likely N-dealkylation sites (N-methyl/N-ethyl adjacent to an activating group) is 1. The van der Waals surface area contributed by atoms with Crippen LogP contribution in [0.5, 0.6) is 5.75 Å². The van der Waals surface area contributed by atoms with Crippen molar-refractivity contribution in [2.24, 2.45) is 5.92 Å². The fourth-order valence-corrected chi connectivity index (χ4v) is 4.52. The van der Waals surface area contributed by atoms with Crippen LogP contribution in [0.2, 0.25) is 5.02 Å². The van der Waals surface area contributed by atoms with Gasteiger partial charge in [0.05, 0.1) is 11.6 Å². The van der Waals surface area contributed by atoms with Gasteiger partial charge in [0.2, 0.25) is 5.91 Å². The van der Waals surface area contributed by atoms with Crippen LogP contribution in [-0.2, 0) is 11.3 Å². The van der Waals surface area contributed by atoms with Crippen molar-refractivity contribution in [3.05, 3.63) is 28.8 Å². The highest BCUT2D eigenvalue weighted by molar-refractivity contribution is 6.32. The summed E-state index contributed by atoms with van der Waals surface area (Å²) in [5.74, 6) is 1.66. The van der Waals surface area contributed by atoms with Crippen molar-refractivity contribution >= 4 is 17.5 Å². The molecule has 0 saturated carbocycles. The van der Waals surface area contributed by atoms with Gasteiger partial charge in [0.1, 0.15) is 5.75 Å². The predicted octanol–water partition coefficient (Wildman–Crippen LogP) is 2.77. The van der Waals surface area contributed by atoms with E-state index in [9.17, 15) is 4.79 Å². The average molecular weight is 380 g/mol. The number of halogens is 1. The highest BCUT2D eigenvalue weighted by Crippen LogP contribution is 2.32. The smallest absolute Gasteiger partial charge is 0.222 e. The standard InChI is InChI=1S/C20H30ClN3O2/c1-3-26-19-6-4-15(12-17(19)21)13-23-10-8-18-16(14-23)5-7-20(25)24(18)11-9-22-2/h4,6,12,16,18,22H,3,5,7-11,13-14H2,1-2H3/t16-,18+/m0/s1. The minimum absolute atomic E-state index is 0.327. The molecule has 144 valence electrons. The summed E-state index contributed by atoms with van der Waals surface area (Å²) >= 11 is 6.33. The summed E-state index contributed by atoms with van der Waals surface area (Å²) in [4.78, 5) is 16.9. The van der Waals surface area contributed by atoms with Crippen LogP contribution in [-0.4, -0.2) is 61.6 Å². The number of amides is 1. The Kier molecular flexibility index (Phi) is 6.79. The van der Waals surface area contributed by atoms with Gasteiger partial charge in [0, 0.05) is 45.2 Å². The Morgan fingerprint density at radius 2 is 2.19 bits per heavy atom. The molecule has 1 N–H and O–H groups in total. The molecule has 1 aromatic rings. The summed E-state index contributed by atoms with van der Waals surface area (Å²) in [5.41, 5.74) is 1.22. The minimum Gasteiger partial charge on any atom is -0.492 e. The largest absolute Gasteiger partial charge is 0.492 e. The Hall–Kier alpha value is -1.30. The molecule has 2 aliphatic heterocycles. The maximum absolute atomic E-state index is 12.3. The number of likely N-dealkylation sites (tertiary alicyclic amines) is 2. The third-order valence-electron chi connectivity index (χ3n) is 5.53. The van der Waals surface area contributed by atoms with E-state index in [0.717, 1.165) is 51.3 Å². The van der Waals surface area contributed by atoms with E-state index >= 15 is 0 Å². The Morgan fingerprint density at radius 3 is 2.92 bits per heavy atom. The van der Waals surface area contributed by atoms with Crippen molar-refractivity contribution in [3.8, 4) is 5.75 Å². The average Bonchev–Trinajstić information content (AvgIpc) is 2.63. The van der Waals surface area contributed by atoms with Crippen molar-refractivity contribution in [1.82, 2.24) is 15.1 Å².